The lowest BCUT2D eigenvalue weighted by molar-refractivity contribution is -0.121. The Kier molecular flexibility index (Phi) is 5.99. The Hall–Kier alpha value is -3.26. The first-order valence-corrected chi connectivity index (χ1v) is 10.5. The van der Waals surface area contributed by atoms with E-state index in [2.05, 4.69) is 26.6 Å². The summed E-state index contributed by atoms with van der Waals surface area (Å²) >= 11 is 3.57. The molecule has 0 saturated heterocycles. The van der Waals surface area contributed by atoms with Gasteiger partial charge in [0.05, 0.1) is 19.2 Å². The van der Waals surface area contributed by atoms with Gasteiger partial charge in [-0.05, 0) is 54.4 Å². The second kappa shape index (κ2) is 8.85. The molecule has 1 aliphatic heterocycles. The third kappa shape index (κ3) is 4.74. The first-order valence-electron chi connectivity index (χ1n) is 9.67. The maximum Gasteiger partial charge on any atom is 0.262 e. The first kappa shape index (κ1) is 21.0. The highest BCUT2D eigenvalue weighted by Crippen LogP contribution is 2.33. The number of methoxy groups -OCH3 is 1. The van der Waals surface area contributed by atoms with Crippen molar-refractivity contribution in [3.8, 4) is 11.5 Å². The number of benzene rings is 2. The van der Waals surface area contributed by atoms with Crippen molar-refractivity contribution in [2.45, 2.75) is 19.4 Å². The second-order valence-corrected chi connectivity index (χ2v) is 8.03. The van der Waals surface area contributed by atoms with E-state index in [0.29, 0.717) is 22.9 Å². The smallest absolute Gasteiger partial charge is 0.262 e. The molecule has 160 valence electrons. The molecule has 2 heterocycles. The van der Waals surface area contributed by atoms with Gasteiger partial charge in [-0.2, -0.15) is 0 Å². The van der Waals surface area contributed by atoms with Crippen molar-refractivity contribution < 1.29 is 23.5 Å². The van der Waals surface area contributed by atoms with Crippen molar-refractivity contribution in [1.82, 2.24) is 5.32 Å². The molecule has 1 unspecified atom stereocenters. The molecule has 8 heteroatoms. The van der Waals surface area contributed by atoms with Gasteiger partial charge in [-0.3, -0.25) is 9.59 Å². The van der Waals surface area contributed by atoms with Crippen LogP contribution in [0, 0.1) is 6.92 Å². The van der Waals surface area contributed by atoms with E-state index in [1.807, 2.05) is 37.3 Å². The van der Waals surface area contributed by atoms with E-state index in [-0.39, 0.29) is 24.8 Å². The highest BCUT2D eigenvalue weighted by atomic mass is 79.9. The average Bonchev–Trinajstić information content (AvgIpc) is 3.18. The summed E-state index contributed by atoms with van der Waals surface area (Å²) in [5, 5.41) is 5.80. The van der Waals surface area contributed by atoms with Crippen molar-refractivity contribution in [2.75, 3.05) is 19.0 Å². The number of ether oxygens (including phenoxy) is 2. The van der Waals surface area contributed by atoms with Crippen LogP contribution in [0.15, 0.2) is 57.4 Å². The van der Waals surface area contributed by atoms with Crippen LogP contribution in [-0.4, -0.2) is 25.5 Å². The fourth-order valence-corrected chi connectivity index (χ4v) is 3.99. The summed E-state index contributed by atoms with van der Waals surface area (Å²) in [6.45, 7) is 1.82. The molecule has 2 N–H and O–H groups in total. The molecular formula is C23H21BrN2O5. The summed E-state index contributed by atoms with van der Waals surface area (Å²) in [6, 6.07) is 14.1. The molecule has 1 aliphatic rings. The zero-order valence-corrected chi connectivity index (χ0v) is 18.6. The molecule has 2 amide bonds. The number of carbonyl (C=O) groups is 2. The Labute approximate surface area is 187 Å². The number of rotatable bonds is 6. The number of hydrogen-bond acceptors (Lipinski definition) is 5. The zero-order chi connectivity index (χ0) is 22.0. The first-order chi connectivity index (χ1) is 14.9. The Morgan fingerprint density at radius 3 is 2.77 bits per heavy atom. The van der Waals surface area contributed by atoms with Gasteiger partial charge in [0.1, 0.15) is 29.1 Å². The van der Waals surface area contributed by atoms with Crippen LogP contribution in [0.5, 0.6) is 11.5 Å². The predicted molar refractivity (Wildman–Crippen MR) is 118 cm³/mol. The topological polar surface area (TPSA) is 89.8 Å². The largest absolute Gasteiger partial charge is 0.497 e. The highest BCUT2D eigenvalue weighted by Gasteiger charge is 2.23. The van der Waals surface area contributed by atoms with E-state index in [0.717, 1.165) is 21.4 Å². The molecule has 3 aromatic rings. The molecule has 0 radical (unpaired) electrons. The van der Waals surface area contributed by atoms with Gasteiger partial charge in [0, 0.05) is 4.47 Å². The maximum atomic E-state index is 12.9. The summed E-state index contributed by atoms with van der Waals surface area (Å²) in [4.78, 5) is 24.4. The van der Waals surface area contributed by atoms with Gasteiger partial charge in [-0.25, -0.2) is 0 Å². The maximum absolute atomic E-state index is 12.9. The summed E-state index contributed by atoms with van der Waals surface area (Å²) in [6.07, 6.45) is 0.147. The SMILES string of the molecule is COc1ccc(C(NC(=O)Cc2ccc3c(c2)OCC(=O)N3)c2ccc(C)o2)c(Br)c1. The average molecular weight is 485 g/mol. The highest BCUT2D eigenvalue weighted by molar-refractivity contribution is 9.10. The number of halogens is 1. The van der Waals surface area contributed by atoms with Crippen LogP contribution in [0.1, 0.15) is 28.7 Å². The summed E-state index contributed by atoms with van der Waals surface area (Å²) in [5.74, 6) is 2.28. The van der Waals surface area contributed by atoms with E-state index in [1.165, 1.54) is 0 Å². The summed E-state index contributed by atoms with van der Waals surface area (Å²) in [7, 11) is 1.60. The molecule has 4 rings (SSSR count). The summed E-state index contributed by atoms with van der Waals surface area (Å²) < 4.78 is 17.3. The van der Waals surface area contributed by atoms with Crippen LogP contribution < -0.4 is 20.1 Å². The van der Waals surface area contributed by atoms with Crippen LogP contribution in [0.3, 0.4) is 0 Å². The minimum Gasteiger partial charge on any atom is -0.497 e. The third-order valence-corrected chi connectivity index (χ3v) is 5.60. The number of furan rings is 1. The van der Waals surface area contributed by atoms with Crippen LogP contribution in [-0.2, 0) is 16.0 Å². The molecule has 0 saturated carbocycles. The molecule has 0 fully saturated rings. The summed E-state index contributed by atoms with van der Waals surface area (Å²) in [5.41, 5.74) is 2.22. The number of anilines is 1. The monoisotopic (exact) mass is 484 g/mol. The third-order valence-electron chi connectivity index (χ3n) is 4.91. The van der Waals surface area contributed by atoms with E-state index in [1.54, 1.807) is 25.3 Å². The van der Waals surface area contributed by atoms with Crippen molar-refractivity contribution >= 4 is 33.4 Å². The van der Waals surface area contributed by atoms with E-state index < -0.39 is 6.04 Å². The van der Waals surface area contributed by atoms with Crippen molar-refractivity contribution in [3.63, 3.8) is 0 Å². The molecule has 1 aromatic heterocycles. The molecule has 0 spiro atoms. The molecule has 7 nitrogen and oxygen atoms in total. The standard InChI is InChI=1S/C23H21BrN2O5/c1-13-3-8-19(31-13)23(16-6-5-15(29-2)11-17(16)24)26-21(27)10-14-4-7-18-20(9-14)30-12-22(28)25-18/h3-9,11,23H,10,12H2,1-2H3,(H,25,28)(H,26,27). The van der Waals surface area contributed by atoms with Crippen LogP contribution >= 0.6 is 15.9 Å². The number of fused-ring (bicyclic) bond motifs is 1. The lowest BCUT2D eigenvalue weighted by Gasteiger charge is -2.20. The number of amides is 2. The zero-order valence-electron chi connectivity index (χ0n) is 17.0. The lowest BCUT2D eigenvalue weighted by atomic mass is 10.0. The minimum absolute atomic E-state index is 0.0337. The minimum atomic E-state index is -0.477. The van der Waals surface area contributed by atoms with Crippen molar-refractivity contribution in [3.05, 3.63) is 75.7 Å². The molecule has 1 atom stereocenters. The number of aryl methyl sites for hydroxylation is 1. The van der Waals surface area contributed by atoms with E-state index in [4.69, 9.17) is 13.9 Å². The fourth-order valence-electron chi connectivity index (χ4n) is 3.41. The lowest BCUT2D eigenvalue weighted by Crippen LogP contribution is -2.30. The number of hydrogen-bond donors (Lipinski definition) is 2. The van der Waals surface area contributed by atoms with Crippen molar-refractivity contribution in [1.29, 1.82) is 0 Å². The number of nitrogens with one attached hydrogen (secondary N) is 2. The van der Waals surface area contributed by atoms with Crippen LogP contribution in [0.4, 0.5) is 5.69 Å². The van der Waals surface area contributed by atoms with Gasteiger partial charge < -0.3 is 24.5 Å². The van der Waals surface area contributed by atoms with Crippen molar-refractivity contribution in [2.24, 2.45) is 0 Å². The van der Waals surface area contributed by atoms with Gasteiger partial charge in [0.15, 0.2) is 6.61 Å². The molecule has 0 aliphatic carbocycles. The molecule has 31 heavy (non-hydrogen) atoms. The Morgan fingerprint density at radius 1 is 1.23 bits per heavy atom. The van der Waals surface area contributed by atoms with Gasteiger partial charge in [-0.1, -0.05) is 28.1 Å². The van der Waals surface area contributed by atoms with E-state index in [9.17, 15) is 9.59 Å². The Morgan fingerprint density at radius 2 is 2.06 bits per heavy atom. The van der Waals surface area contributed by atoms with Crippen LogP contribution in [0.2, 0.25) is 0 Å². The normalized spacial score (nSPS) is 13.6. The number of carbonyl (C=O) groups excluding carboxylic acids is 2. The molecule has 0 bridgehead atoms. The quantitative estimate of drug-likeness (QED) is 0.548. The van der Waals surface area contributed by atoms with Gasteiger partial charge in [-0.15, -0.1) is 0 Å². The van der Waals surface area contributed by atoms with Gasteiger partial charge in [0.25, 0.3) is 5.91 Å². The van der Waals surface area contributed by atoms with Gasteiger partial charge >= 0.3 is 0 Å². The second-order valence-electron chi connectivity index (χ2n) is 7.18. The fraction of sp³-hybridized carbons (Fsp3) is 0.217. The molecular weight excluding hydrogens is 464 g/mol. The molecule has 2 aromatic carbocycles. The van der Waals surface area contributed by atoms with Gasteiger partial charge in [0.2, 0.25) is 5.91 Å². The Bertz CT molecular complexity index is 1140. The predicted octanol–water partition coefficient (Wildman–Crippen LogP) is 4.14. The van der Waals surface area contributed by atoms with Crippen LogP contribution in [0.25, 0.3) is 0 Å². The Balaban J connectivity index is 1.56. The van der Waals surface area contributed by atoms with E-state index >= 15 is 0 Å².